The molecular formula is C46H52N6O7. The number of aryl methyl sites for hydroxylation is 1. The molecule has 0 spiro atoms. The van der Waals surface area contributed by atoms with Gasteiger partial charge in [-0.05, 0) is 97.0 Å². The molecule has 4 heterocycles. The minimum Gasteiger partial charge on any atom is -0.489 e. The van der Waals surface area contributed by atoms with E-state index in [-0.39, 0.29) is 47.3 Å². The number of hydrogen-bond donors (Lipinski definition) is 2. The first kappa shape index (κ1) is 40.2. The van der Waals surface area contributed by atoms with Gasteiger partial charge in [-0.3, -0.25) is 39.1 Å². The second-order valence-corrected chi connectivity index (χ2v) is 18.0. The van der Waals surface area contributed by atoms with Crippen LogP contribution < -0.4 is 20.3 Å². The van der Waals surface area contributed by atoms with Crippen LogP contribution in [0, 0.1) is 22.2 Å². The number of carbonyl (C=O) groups is 5. The molecule has 8 rings (SSSR count). The van der Waals surface area contributed by atoms with Crippen molar-refractivity contribution in [1.82, 2.24) is 20.4 Å². The maximum absolute atomic E-state index is 13.6. The fourth-order valence-electron chi connectivity index (χ4n) is 10.6. The number of nitrogens with one attached hydrogen (secondary N) is 2. The van der Waals surface area contributed by atoms with Crippen molar-refractivity contribution in [2.24, 2.45) is 10.8 Å². The number of nitriles is 1. The number of hydrogen-bond acceptors (Lipinski definition) is 10. The van der Waals surface area contributed by atoms with Crippen LogP contribution in [-0.2, 0) is 33.8 Å². The molecule has 3 aromatic rings. The summed E-state index contributed by atoms with van der Waals surface area (Å²) in [7, 11) is 1.76. The Morgan fingerprint density at radius 2 is 1.54 bits per heavy atom. The summed E-state index contributed by atoms with van der Waals surface area (Å²) in [5.74, 6) is -1.39. The van der Waals surface area contributed by atoms with E-state index in [4.69, 9.17) is 9.47 Å². The van der Waals surface area contributed by atoms with Gasteiger partial charge in [-0.25, -0.2) is 0 Å². The van der Waals surface area contributed by atoms with Crippen molar-refractivity contribution < 1.29 is 33.4 Å². The average Bonchev–Trinajstić information content (AvgIpc) is 3.73. The van der Waals surface area contributed by atoms with Crippen molar-refractivity contribution >= 4 is 35.2 Å². The van der Waals surface area contributed by atoms with Crippen molar-refractivity contribution in [2.75, 3.05) is 31.6 Å². The van der Waals surface area contributed by atoms with Crippen LogP contribution in [0.15, 0.2) is 54.6 Å². The molecule has 13 nitrogen and oxygen atoms in total. The molecule has 4 aliphatic heterocycles. The SMILES string of the molecule is CCc1cc(OC2C(C)(C)C(NC(=O)c3ccc(N4CCC(CN5Cc6cc7c(cc6C5)C(=O)N(C5CCC(=O)NC5=O)C7=O)(OC)CC4)cc3)C2(C)C)ccc1C#N. The van der Waals surface area contributed by atoms with Crippen molar-refractivity contribution in [2.45, 2.75) is 104 Å². The van der Waals surface area contributed by atoms with Gasteiger partial charge < -0.3 is 19.7 Å². The van der Waals surface area contributed by atoms with E-state index in [2.05, 4.69) is 54.2 Å². The number of imide groups is 2. The molecule has 3 aromatic carbocycles. The minimum absolute atomic E-state index is 0.0824. The predicted molar refractivity (Wildman–Crippen MR) is 219 cm³/mol. The van der Waals surface area contributed by atoms with Gasteiger partial charge in [0.25, 0.3) is 17.7 Å². The number of fused-ring (bicyclic) bond motifs is 2. The van der Waals surface area contributed by atoms with Crippen molar-refractivity contribution in [3.8, 4) is 11.8 Å². The number of piperidine rings is 2. The molecule has 1 aliphatic carbocycles. The Hall–Kier alpha value is -5.58. The highest BCUT2D eigenvalue weighted by Gasteiger charge is 2.64. The number of benzene rings is 3. The molecule has 308 valence electrons. The van der Waals surface area contributed by atoms with Gasteiger partial charge in [0.1, 0.15) is 17.9 Å². The number of rotatable bonds is 10. The first-order chi connectivity index (χ1) is 28.1. The lowest BCUT2D eigenvalue weighted by atomic mass is 9.49. The lowest BCUT2D eigenvalue weighted by Crippen LogP contribution is -2.74. The van der Waals surface area contributed by atoms with Crippen LogP contribution in [0.4, 0.5) is 5.69 Å². The summed E-state index contributed by atoms with van der Waals surface area (Å²) in [5.41, 5.74) is 4.78. The third-order valence-corrected chi connectivity index (χ3v) is 13.6. The number of amides is 5. The quantitative estimate of drug-likeness (QED) is 0.263. The largest absolute Gasteiger partial charge is 0.489 e. The van der Waals surface area contributed by atoms with Gasteiger partial charge in [0.05, 0.1) is 28.4 Å². The maximum Gasteiger partial charge on any atom is 0.262 e. The van der Waals surface area contributed by atoms with E-state index in [0.717, 1.165) is 65.4 Å². The van der Waals surface area contributed by atoms with Crippen LogP contribution in [-0.4, -0.2) is 89.9 Å². The van der Waals surface area contributed by atoms with Crippen LogP contribution in [0.1, 0.15) is 114 Å². The molecule has 1 unspecified atom stereocenters. The predicted octanol–water partition coefficient (Wildman–Crippen LogP) is 5.14. The fourth-order valence-corrected chi connectivity index (χ4v) is 10.6. The van der Waals surface area contributed by atoms with E-state index in [1.807, 2.05) is 49.4 Å². The molecule has 0 radical (unpaired) electrons. The number of methoxy groups -OCH3 is 1. The second kappa shape index (κ2) is 14.9. The van der Waals surface area contributed by atoms with Gasteiger partial charge >= 0.3 is 0 Å². The molecule has 5 amide bonds. The van der Waals surface area contributed by atoms with Gasteiger partial charge in [0.15, 0.2) is 0 Å². The molecule has 1 saturated carbocycles. The molecular weight excluding hydrogens is 749 g/mol. The second-order valence-electron chi connectivity index (χ2n) is 18.0. The Kier molecular flexibility index (Phi) is 10.2. The topological polar surface area (TPSA) is 161 Å². The minimum atomic E-state index is -0.985. The molecule has 0 bridgehead atoms. The van der Waals surface area contributed by atoms with Gasteiger partial charge in [-0.2, -0.15) is 5.26 Å². The van der Waals surface area contributed by atoms with Crippen LogP contribution in [0.25, 0.3) is 0 Å². The summed E-state index contributed by atoms with van der Waals surface area (Å²) < 4.78 is 12.7. The van der Waals surface area contributed by atoms with Crippen molar-refractivity contribution in [1.29, 1.82) is 5.26 Å². The van der Waals surface area contributed by atoms with Crippen LogP contribution in [0.2, 0.25) is 0 Å². The van der Waals surface area contributed by atoms with Gasteiger partial charge in [0.2, 0.25) is 11.8 Å². The lowest BCUT2D eigenvalue weighted by molar-refractivity contribution is -0.164. The summed E-state index contributed by atoms with van der Waals surface area (Å²) in [6.07, 6.45) is 2.40. The van der Waals surface area contributed by atoms with E-state index in [9.17, 15) is 29.2 Å². The number of nitrogens with zero attached hydrogens (tertiary/aromatic N) is 4. The van der Waals surface area contributed by atoms with Crippen LogP contribution in [0.5, 0.6) is 5.75 Å². The Balaban J connectivity index is 0.852. The highest BCUT2D eigenvalue weighted by atomic mass is 16.5. The van der Waals surface area contributed by atoms with Gasteiger partial charge in [-0.1, -0.05) is 34.6 Å². The third-order valence-electron chi connectivity index (χ3n) is 13.6. The molecule has 2 N–H and O–H groups in total. The highest BCUT2D eigenvalue weighted by molar-refractivity contribution is 6.23. The summed E-state index contributed by atoms with van der Waals surface area (Å²) in [6, 6.07) is 18.1. The Bertz CT molecular complexity index is 2230. The molecule has 2 saturated heterocycles. The van der Waals surface area contributed by atoms with E-state index in [1.165, 1.54) is 0 Å². The lowest BCUT2D eigenvalue weighted by Gasteiger charge is -2.63. The van der Waals surface area contributed by atoms with E-state index >= 15 is 0 Å². The Morgan fingerprint density at radius 1 is 0.915 bits per heavy atom. The molecule has 13 heteroatoms. The summed E-state index contributed by atoms with van der Waals surface area (Å²) >= 11 is 0. The number of ether oxygens (including phenoxy) is 2. The molecule has 1 atom stereocenters. The first-order valence-electron chi connectivity index (χ1n) is 20.6. The maximum atomic E-state index is 13.6. The van der Waals surface area contributed by atoms with Crippen molar-refractivity contribution in [3.05, 3.63) is 93.5 Å². The Labute approximate surface area is 345 Å². The smallest absolute Gasteiger partial charge is 0.262 e. The zero-order valence-electron chi connectivity index (χ0n) is 34.6. The first-order valence-corrected chi connectivity index (χ1v) is 20.6. The van der Waals surface area contributed by atoms with Gasteiger partial charge in [0, 0.05) is 74.4 Å². The standard InChI is InChI=1S/C46H52N6O7/c1-7-27-20-33(13-10-29(27)23-47)59-43-44(2,3)42(45(43,4)5)49-38(54)28-8-11-32(12-9-28)51-18-16-46(58-6,17-19-51)26-50-24-30-21-34-35(22-31(30)25-50)41(57)52(40(34)56)36-14-15-37(53)48-39(36)55/h8-13,20-22,36,42-43H,7,14-19,24-26H2,1-6H3,(H,49,54)(H,48,53,55). The fraction of sp³-hybridized carbons (Fsp3) is 0.478. The van der Waals surface area contributed by atoms with E-state index < -0.39 is 29.7 Å². The summed E-state index contributed by atoms with van der Waals surface area (Å²) in [6.45, 7) is 14.0. The monoisotopic (exact) mass is 800 g/mol. The third kappa shape index (κ3) is 6.96. The highest BCUT2D eigenvalue weighted by Crippen LogP contribution is 2.55. The summed E-state index contributed by atoms with van der Waals surface area (Å²) in [4.78, 5) is 70.2. The normalized spacial score (nSPS) is 24.2. The summed E-state index contributed by atoms with van der Waals surface area (Å²) in [5, 5.41) is 15.0. The average molecular weight is 801 g/mol. The van der Waals surface area contributed by atoms with Crippen LogP contribution >= 0.6 is 0 Å². The van der Waals surface area contributed by atoms with Gasteiger partial charge in [-0.15, -0.1) is 0 Å². The zero-order valence-corrected chi connectivity index (χ0v) is 34.6. The van der Waals surface area contributed by atoms with Crippen molar-refractivity contribution in [3.63, 3.8) is 0 Å². The molecule has 59 heavy (non-hydrogen) atoms. The molecule has 0 aromatic heterocycles. The van der Waals surface area contributed by atoms with E-state index in [1.54, 1.807) is 19.2 Å². The Morgan fingerprint density at radius 3 is 2.10 bits per heavy atom. The molecule has 3 fully saturated rings. The van der Waals surface area contributed by atoms with E-state index in [0.29, 0.717) is 41.9 Å². The van der Waals surface area contributed by atoms with Crippen LogP contribution in [0.3, 0.4) is 0 Å². The zero-order chi connectivity index (χ0) is 42.0. The number of carbonyl (C=O) groups excluding carboxylic acids is 5. The number of anilines is 1. The molecule has 5 aliphatic rings.